The third-order valence-corrected chi connectivity index (χ3v) is 5.97. The number of amides is 2. The van der Waals surface area contributed by atoms with Crippen LogP contribution in [0.5, 0.6) is 0 Å². The van der Waals surface area contributed by atoms with Crippen LogP contribution in [0.2, 0.25) is 5.02 Å². The molecular weight excluding hydrogens is 366 g/mol. The molecule has 2 amide bonds. The molecule has 0 radical (unpaired) electrons. The van der Waals surface area contributed by atoms with Gasteiger partial charge in [-0.15, -0.1) is 0 Å². The molecule has 1 aromatic carbocycles. The summed E-state index contributed by atoms with van der Waals surface area (Å²) in [5, 5.41) is 13.7. The molecular formula is C20H28ClN3O3. The van der Waals surface area contributed by atoms with Crippen LogP contribution < -0.4 is 5.32 Å². The van der Waals surface area contributed by atoms with Crippen LogP contribution in [0.1, 0.15) is 38.2 Å². The Labute approximate surface area is 165 Å². The van der Waals surface area contributed by atoms with Crippen molar-refractivity contribution >= 4 is 23.6 Å². The number of hydrogen-bond acceptors (Lipinski definition) is 3. The highest BCUT2D eigenvalue weighted by atomic mass is 35.5. The van der Waals surface area contributed by atoms with Crippen LogP contribution in [0, 0.1) is 5.92 Å². The Morgan fingerprint density at radius 1 is 1.19 bits per heavy atom. The van der Waals surface area contributed by atoms with E-state index in [1.54, 1.807) is 0 Å². The zero-order valence-electron chi connectivity index (χ0n) is 15.9. The first-order valence-corrected chi connectivity index (χ1v) is 10.0. The van der Waals surface area contributed by atoms with Crippen molar-refractivity contribution in [2.75, 3.05) is 26.2 Å². The number of halogens is 1. The van der Waals surface area contributed by atoms with Crippen molar-refractivity contribution in [1.82, 2.24) is 15.1 Å². The second-order valence-corrected chi connectivity index (χ2v) is 8.21. The summed E-state index contributed by atoms with van der Waals surface area (Å²) in [5.74, 6) is 0.145. The number of carbonyl (C=O) groups excluding carboxylic acids is 1. The molecule has 7 heteroatoms. The fraction of sp³-hybridized carbons (Fsp3) is 0.600. The predicted molar refractivity (Wildman–Crippen MR) is 105 cm³/mol. The van der Waals surface area contributed by atoms with Gasteiger partial charge in [0.15, 0.2) is 0 Å². The van der Waals surface area contributed by atoms with Gasteiger partial charge in [0.25, 0.3) is 0 Å². The van der Waals surface area contributed by atoms with Gasteiger partial charge < -0.3 is 20.2 Å². The maximum atomic E-state index is 13.1. The van der Waals surface area contributed by atoms with Gasteiger partial charge in [-0.05, 0) is 57.5 Å². The van der Waals surface area contributed by atoms with Gasteiger partial charge in [-0.25, -0.2) is 4.79 Å². The molecule has 0 spiro atoms. The number of rotatable bonds is 4. The Morgan fingerprint density at radius 3 is 2.37 bits per heavy atom. The van der Waals surface area contributed by atoms with Crippen molar-refractivity contribution in [2.45, 2.75) is 44.7 Å². The molecule has 3 rings (SSSR count). The number of piperidine rings is 1. The monoisotopic (exact) mass is 393 g/mol. The zero-order valence-corrected chi connectivity index (χ0v) is 16.7. The van der Waals surface area contributed by atoms with Gasteiger partial charge in [-0.1, -0.05) is 23.7 Å². The van der Waals surface area contributed by atoms with Gasteiger partial charge in [-0.3, -0.25) is 4.79 Å². The number of nitrogens with one attached hydrogen (secondary N) is 1. The van der Waals surface area contributed by atoms with E-state index in [1.165, 1.54) is 4.90 Å². The smallest absolute Gasteiger partial charge is 0.407 e. The van der Waals surface area contributed by atoms with Gasteiger partial charge in [0.1, 0.15) is 0 Å². The minimum atomic E-state index is -0.940. The summed E-state index contributed by atoms with van der Waals surface area (Å²) in [6.45, 7) is 6.48. The molecule has 0 unspecified atom stereocenters. The second kappa shape index (κ2) is 8.48. The quantitative estimate of drug-likeness (QED) is 0.824. The van der Waals surface area contributed by atoms with Crippen molar-refractivity contribution in [3.8, 4) is 0 Å². The lowest BCUT2D eigenvalue weighted by atomic mass is 9.92. The number of hydrogen-bond donors (Lipinski definition) is 2. The number of likely N-dealkylation sites (tertiary alicyclic amines) is 1. The average molecular weight is 394 g/mol. The molecule has 0 aliphatic carbocycles. The summed E-state index contributed by atoms with van der Waals surface area (Å²) >= 11 is 6.02. The molecule has 27 heavy (non-hydrogen) atoms. The van der Waals surface area contributed by atoms with Gasteiger partial charge >= 0.3 is 6.09 Å². The van der Waals surface area contributed by atoms with E-state index in [4.69, 9.17) is 11.6 Å². The van der Waals surface area contributed by atoms with Crippen LogP contribution in [-0.2, 0) is 4.79 Å². The van der Waals surface area contributed by atoms with Crippen molar-refractivity contribution in [3.63, 3.8) is 0 Å². The van der Waals surface area contributed by atoms with E-state index in [0.29, 0.717) is 18.1 Å². The molecule has 0 saturated carbocycles. The maximum absolute atomic E-state index is 13.1. The molecule has 2 fully saturated rings. The SMILES string of the molecule is CC(C)N(C(=O)O)[C@@H]1CN(C(=O)C2CCNCC2)C[C@H]1c1ccc(Cl)cc1. The lowest BCUT2D eigenvalue weighted by Gasteiger charge is -2.33. The molecule has 2 saturated heterocycles. The van der Waals surface area contributed by atoms with E-state index < -0.39 is 6.09 Å². The average Bonchev–Trinajstić information content (AvgIpc) is 3.06. The van der Waals surface area contributed by atoms with Crippen molar-refractivity contribution < 1.29 is 14.7 Å². The van der Waals surface area contributed by atoms with Crippen molar-refractivity contribution in [2.24, 2.45) is 5.92 Å². The first-order chi connectivity index (χ1) is 12.9. The van der Waals surface area contributed by atoms with Crippen molar-refractivity contribution in [1.29, 1.82) is 0 Å². The van der Waals surface area contributed by atoms with E-state index >= 15 is 0 Å². The number of carbonyl (C=O) groups is 2. The fourth-order valence-electron chi connectivity index (χ4n) is 4.36. The molecule has 2 aliphatic rings. The van der Waals surface area contributed by atoms with Crippen LogP contribution in [0.3, 0.4) is 0 Å². The number of nitrogens with zero attached hydrogens (tertiary/aromatic N) is 2. The summed E-state index contributed by atoms with van der Waals surface area (Å²) in [5.41, 5.74) is 1.02. The summed E-state index contributed by atoms with van der Waals surface area (Å²) < 4.78 is 0. The Bertz CT molecular complexity index is 674. The molecule has 148 valence electrons. The van der Waals surface area contributed by atoms with E-state index in [1.807, 2.05) is 43.0 Å². The molecule has 2 atom stereocenters. The van der Waals surface area contributed by atoms with Crippen LogP contribution in [0.25, 0.3) is 0 Å². The minimum absolute atomic E-state index is 0.0354. The minimum Gasteiger partial charge on any atom is -0.465 e. The van der Waals surface area contributed by atoms with Gasteiger partial charge in [0.2, 0.25) is 5.91 Å². The molecule has 2 heterocycles. The van der Waals surface area contributed by atoms with Gasteiger partial charge in [0, 0.05) is 36.0 Å². The summed E-state index contributed by atoms with van der Waals surface area (Å²) in [6, 6.07) is 7.13. The lowest BCUT2D eigenvalue weighted by molar-refractivity contribution is -0.135. The van der Waals surface area contributed by atoms with Crippen LogP contribution in [-0.4, -0.2) is 65.2 Å². The molecule has 6 nitrogen and oxygen atoms in total. The summed E-state index contributed by atoms with van der Waals surface area (Å²) in [6.07, 6.45) is 0.752. The van der Waals surface area contributed by atoms with E-state index in [-0.39, 0.29) is 29.8 Å². The third kappa shape index (κ3) is 4.38. The Morgan fingerprint density at radius 2 is 1.81 bits per heavy atom. The van der Waals surface area contributed by atoms with Crippen LogP contribution in [0.15, 0.2) is 24.3 Å². The second-order valence-electron chi connectivity index (χ2n) is 7.78. The highest BCUT2D eigenvalue weighted by Gasteiger charge is 2.43. The molecule has 0 aromatic heterocycles. The summed E-state index contributed by atoms with van der Waals surface area (Å²) in [7, 11) is 0. The Kier molecular flexibility index (Phi) is 6.27. The molecule has 2 N–H and O–H groups in total. The topological polar surface area (TPSA) is 72.9 Å². The third-order valence-electron chi connectivity index (χ3n) is 5.72. The van der Waals surface area contributed by atoms with Crippen LogP contribution >= 0.6 is 11.6 Å². The lowest BCUT2D eigenvalue weighted by Crippen LogP contribution is -2.48. The molecule has 1 aromatic rings. The van der Waals surface area contributed by atoms with E-state index in [9.17, 15) is 14.7 Å². The molecule has 0 bridgehead atoms. The van der Waals surface area contributed by atoms with Gasteiger partial charge in [0.05, 0.1) is 6.04 Å². The first kappa shape index (κ1) is 20.0. The Hall–Kier alpha value is -1.79. The largest absolute Gasteiger partial charge is 0.465 e. The number of benzene rings is 1. The predicted octanol–water partition coefficient (Wildman–Crippen LogP) is 3.02. The zero-order chi connectivity index (χ0) is 19.6. The normalized spacial score (nSPS) is 23.6. The van der Waals surface area contributed by atoms with E-state index in [0.717, 1.165) is 31.5 Å². The maximum Gasteiger partial charge on any atom is 0.407 e. The first-order valence-electron chi connectivity index (χ1n) is 9.64. The summed E-state index contributed by atoms with van der Waals surface area (Å²) in [4.78, 5) is 28.3. The molecule has 2 aliphatic heterocycles. The van der Waals surface area contributed by atoms with Gasteiger partial charge in [-0.2, -0.15) is 0 Å². The fourth-order valence-corrected chi connectivity index (χ4v) is 4.48. The highest BCUT2D eigenvalue weighted by molar-refractivity contribution is 6.30. The standard InChI is InChI=1S/C20H28ClN3O3/c1-13(2)24(20(26)27)18-12-23(19(25)15-7-9-22-10-8-15)11-17(18)14-3-5-16(21)6-4-14/h3-6,13,15,17-18,22H,7-12H2,1-2H3,(H,26,27)/t17-,18+/m0/s1. The Balaban J connectivity index is 1.86. The van der Waals surface area contributed by atoms with Crippen molar-refractivity contribution in [3.05, 3.63) is 34.9 Å². The van der Waals surface area contributed by atoms with E-state index in [2.05, 4.69) is 5.32 Å². The highest BCUT2D eigenvalue weighted by Crippen LogP contribution is 2.34. The van der Waals surface area contributed by atoms with Crippen LogP contribution in [0.4, 0.5) is 4.79 Å². The number of carboxylic acid groups (broad SMARTS) is 1.